The number of H-pyrrole nitrogens is 1. The molecule has 3 heterocycles. The summed E-state index contributed by atoms with van der Waals surface area (Å²) in [6.07, 6.45) is 8.75. The lowest BCUT2D eigenvalue weighted by atomic mass is 9.85. The Hall–Kier alpha value is -1.66. The molecule has 1 aliphatic heterocycles. The third-order valence-corrected chi connectivity index (χ3v) is 5.25. The second-order valence-electron chi connectivity index (χ2n) is 7.14. The minimum absolute atomic E-state index is 0.477. The topological polar surface area (TPSA) is 53.0 Å². The normalized spacial score (nSPS) is 22.4. The van der Waals surface area contributed by atoms with Crippen molar-refractivity contribution < 1.29 is 0 Å². The molecule has 0 spiro atoms. The molecule has 0 aliphatic carbocycles. The minimum atomic E-state index is 0.477. The Morgan fingerprint density at radius 3 is 2.83 bits per heavy atom. The van der Waals surface area contributed by atoms with Crippen LogP contribution >= 0.6 is 0 Å². The van der Waals surface area contributed by atoms with Gasteiger partial charge in [-0.3, -0.25) is 14.7 Å². The van der Waals surface area contributed by atoms with Crippen molar-refractivity contribution in [1.82, 2.24) is 29.8 Å². The van der Waals surface area contributed by atoms with E-state index >= 15 is 0 Å². The summed E-state index contributed by atoms with van der Waals surface area (Å²) in [5.74, 6) is 0.639. The number of aromatic amines is 1. The predicted octanol–water partition coefficient (Wildman–Crippen LogP) is 2.36. The zero-order chi connectivity index (χ0) is 17.1. The van der Waals surface area contributed by atoms with Gasteiger partial charge in [0.2, 0.25) is 0 Å². The van der Waals surface area contributed by atoms with Crippen molar-refractivity contribution >= 4 is 0 Å². The number of aryl methyl sites for hydroxylation is 2. The van der Waals surface area contributed by atoms with Crippen LogP contribution in [0.2, 0.25) is 0 Å². The van der Waals surface area contributed by atoms with Crippen LogP contribution in [-0.4, -0.2) is 56.5 Å². The maximum absolute atomic E-state index is 4.41. The van der Waals surface area contributed by atoms with Crippen LogP contribution in [0.1, 0.15) is 42.6 Å². The quantitative estimate of drug-likeness (QED) is 0.883. The van der Waals surface area contributed by atoms with Gasteiger partial charge in [0, 0.05) is 49.2 Å². The van der Waals surface area contributed by atoms with E-state index in [1.165, 1.54) is 36.2 Å². The second-order valence-corrected chi connectivity index (χ2v) is 7.14. The summed E-state index contributed by atoms with van der Waals surface area (Å²) in [7, 11) is 4.23. The Balaban J connectivity index is 1.72. The lowest BCUT2D eigenvalue weighted by molar-refractivity contribution is 0.0749. The smallest absolute Gasteiger partial charge is 0.0537 e. The molecule has 0 amide bonds. The van der Waals surface area contributed by atoms with Gasteiger partial charge in [0.1, 0.15) is 0 Å². The van der Waals surface area contributed by atoms with Gasteiger partial charge in [-0.1, -0.05) is 6.92 Å². The van der Waals surface area contributed by atoms with Crippen LogP contribution in [0.4, 0.5) is 0 Å². The molecule has 0 aromatic carbocycles. The number of rotatable bonds is 6. The molecule has 2 aromatic heterocycles. The highest BCUT2D eigenvalue weighted by molar-refractivity contribution is 5.15. The fourth-order valence-corrected chi connectivity index (χ4v) is 4.06. The largest absolute Gasteiger partial charge is 0.302 e. The molecule has 3 rings (SSSR count). The predicted molar refractivity (Wildman–Crippen MR) is 95.6 cm³/mol. The van der Waals surface area contributed by atoms with Crippen molar-refractivity contribution in [3.05, 3.63) is 35.4 Å². The Morgan fingerprint density at radius 1 is 1.38 bits per heavy atom. The molecule has 6 heteroatoms. The Bertz CT molecular complexity index is 645. The standard InChI is InChI=1S/C18H30N6/c1-5-24-8-6-7-15(18(24)17-10-20-23(4)13-17)11-22(3)12-16-9-19-21-14(16)2/h9-10,13,15,18H,5-8,11-12H2,1-4H3,(H,19,21)/t15-,18+/m0/s1. The molecule has 6 nitrogen and oxygen atoms in total. The van der Waals surface area contributed by atoms with Gasteiger partial charge in [-0.2, -0.15) is 10.2 Å². The van der Waals surface area contributed by atoms with E-state index in [1.807, 2.05) is 24.1 Å². The molecule has 0 unspecified atom stereocenters. The maximum Gasteiger partial charge on any atom is 0.0537 e. The van der Waals surface area contributed by atoms with Crippen molar-refractivity contribution in [1.29, 1.82) is 0 Å². The highest BCUT2D eigenvalue weighted by Gasteiger charge is 2.33. The average Bonchev–Trinajstić information content (AvgIpc) is 3.16. The lowest BCUT2D eigenvalue weighted by Gasteiger charge is -2.42. The lowest BCUT2D eigenvalue weighted by Crippen LogP contribution is -2.42. The van der Waals surface area contributed by atoms with Crippen LogP contribution in [0, 0.1) is 12.8 Å². The van der Waals surface area contributed by atoms with E-state index in [0.29, 0.717) is 12.0 Å². The van der Waals surface area contributed by atoms with Crippen molar-refractivity contribution in [2.24, 2.45) is 13.0 Å². The van der Waals surface area contributed by atoms with Gasteiger partial charge < -0.3 is 4.90 Å². The first-order valence-corrected chi connectivity index (χ1v) is 8.98. The first-order valence-electron chi connectivity index (χ1n) is 8.98. The number of likely N-dealkylation sites (tertiary alicyclic amines) is 1. The molecular formula is C18H30N6. The molecule has 0 bridgehead atoms. The summed E-state index contributed by atoms with van der Waals surface area (Å²) in [6, 6.07) is 0.477. The average molecular weight is 330 g/mol. The van der Waals surface area contributed by atoms with Gasteiger partial charge in [-0.05, 0) is 45.8 Å². The van der Waals surface area contributed by atoms with Crippen molar-refractivity contribution in [2.45, 2.75) is 39.3 Å². The Labute approximate surface area is 144 Å². The second kappa shape index (κ2) is 7.49. The zero-order valence-electron chi connectivity index (χ0n) is 15.4. The van der Waals surface area contributed by atoms with E-state index in [0.717, 1.165) is 19.6 Å². The summed E-state index contributed by atoms with van der Waals surface area (Å²) in [5.41, 5.74) is 3.82. The summed E-state index contributed by atoms with van der Waals surface area (Å²) in [4.78, 5) is 5.05. The molecule has 1 saturated heterocycles. The molecule has 1 aliphatic rings. The molecule has 24 heavy (non-hydrogen) atoms. The fraction of sp³-hybridized carbons (Fsp3) is 0.667. The first-order chi connectivity index (χ1) is 11.6. The number of hydrogen-bond acceptors (Lipinski definition) is 4. The van der Waals surface area contributed by atoms with Gasteiger partial charge in [0.25, 0.3) is 0 Å². The monoisotopic (exact) mass is 330 g/mol. The van der Waals surface area contributed by atoms with Crippen LogP contribution in [0.3, 0.4) is 0 Å². The van der Waals surface area contributed by atoms with Gasteiger partial charge in [-0.25, -0.2) is 0 Å². The van der Waals surface area contributed by atoms with Gasteiger partial charge in [-0.15, -0.1) is 0 Å². The highest BCUT2D eigenvalue weighted by atomic mass is 15.3. The molecule has 1 N–H and O–H groups in total. The van der Waals surface area contributed by atoms with Gasteiger partial charge in [0.15, 0.2) is 0 Å². The highest BCUT2D eigenvalue weighted by Crippen LogP contribution is 2.36. The Kier molecular flexibility index (Phi) is 5.36. The molecule has 0 saturated carbocycles. The SMILES string of the molecule is CCN1CCC[C@@H](CN(C)Cc2cn[nH]c2C)[C@@H]1c1cnn(C)c1. The number of hydrogen-bond donors (Lipinski definition) is 1. The maximum atomic E-state index is 4.41. The van der Waals surface area contributed by atoms with E-state index < -0.39 is 0 Å². The molecule has 2 atom stereocenters. The van der Waals surface area contributed by atoms with E-state index in [4.69, 9.17) is 0 Å². The minimum Gasteiger partial charge on any atom is -0.302 e. The van der Waals surface area contributed by atoms with Crippen molar-refractivity contribution in [3.63, 3.8) is 0 Å². The summed E-state index contributed by atoms with van der Waals surface area (Å²) in [6.45, 7) is 8.70. The van der Waals surface area contributed by atoms with Crippen molar-refractivity contribution in [2.75, 3.05) is 26.7 Å². The van der Waals surface area contributed by atoms with Crippen LogP contribution in [0.15, 0.2) is 18.6 Å². The van der Waals surface area contributed by atoms with Crippen LogP contribution in [-0.2, 0) is 13.6 Å². The van der Waals surface area contributed by atoms with E-state index in [-0.39, 0.29) is 0 Å². The van der Waals surface area contributed by atoms with Gasteiger partial charge in [0.05, 0.1) is 12.4 Å². The van der Waals surface area contributed by atoms with Crippen molar-refractivity contribution in [3.8, 4) is 0 Å². The fourth-order valence-electron chi connectivity index (χ4n) is 4.06. The summed E-state index contributed by atoms with van der Waals surface area (Å²) in [5, 5.41) is 11.6. The number of nitrogens with zero attached hydrogens (tertiary/aromatic N) is 5. The van der Waals surface area contributed by atoms with E-state index in [2.05, 4.69) is 52.2 Å². The number of piperidine rings is 1. The number of aromatic nitrogens is 4. The molecule has 132 valence electrons. The third kappa shape index (κ3) is 3.70. The van der Waals surface area contributed by atoms with Crippen LogP contribution in [0.5, 0.6) is 0 Å². The van der Waals surface area contributed by atoms with E-state index in [1.54, 1.807) is 0 Å². The van der Waals surface area contributed by atoms with Crippen LogP contribution in [0.25, 0.3) is 0 Å². The Morgan fingerprint density at radius 2 is 2.21 bits per heavy atom. The molecule has 0 radical (unpaired) electrons. The third-order valence-electron chi connectivity index (χ3n) is 5.25. The molecule has 2 aromatic rings. The first kappa shape index (κ1) is 17.2. The van der Waals surface area contributed by atoms with E-state index in [9.17, 15) is 0 Å². The molecular weight excluding hydrogens is 300 g/mol. The molecule has 1 fully saturated rings. The zero-order valence-corrected chi connectivity index (χ0v) is 15.4. The van der Waals surface area contributed by atoms with Gasteiger partial charge >= 0.3 is 0 Å². The van der Waals surface area contributed by atoms with Crippen LogP contribution < -0.4 is 0 Å². The number of nitrogens with one attached hydrogen (secondary N) is 1. The summed E-state index contributed by atoms with van der Waals surface area (Å²) < 4.78 is 1.92. The summed E-state index contributed by atoms with van der Waals surface area (Å²) >= 11 is 0.